The number of amides is 4. The number of nitrogens with zero attached hydrogens (tertiary/aromatic N) is 2. The van der Waals surface area contributed by atoms with Gasteiger partial charge in [0.25, 0.3) is 5.91 Å². The third-order valence-corrected chi connectivity index (χ3v) is 4.58. The summed E-state index contributed by atoms with van der Waals surface area (Å²) in [7, 11) is 0. The van der Waals surface area contributed by atoms with Gasteiger partial charge in [-0.3, -0.25) is 19.9 Å². The third kappa shape index (κ3) is 4.34. The minimum absolute atomic E-state index is 0.292. The average Bonchev–Trinajstić information content (AvgIpc) is 2.67. The maximum Gasteiger partial charge on any atom is 0.335 e. The van der Waals surface area contributed by atoms with Crippen molar-refractivity contribution in [1.29, 1.82) is 0 Å². The molecule has 0 saturated carbocycles. The monoisotopic (exact) mass is 393 g/mol. The van der Waals surface area contributed by atoms with E-state index in [1.165, 1.54) is 0 Å². The van der Waals surface area contributed by atoms with E-state index in [1.807, 2.05) is 38.1 Å². The van der Waals surface area contributed by atoms with Crippen LogP contribution in [0.5, 0.6) is 5.75 Å². The van der Waals surface area contributed by atoms with Gasteiger partial charge in [-0.1, -0.05) is 42.0 Å². The summed E-state index contributed by atoms with van der Waals surface area (Å²) in [6.45, 7) is 6.13. The number of ether oxygens (including phenoxy) is 1. The minimum Gasteiger partial charge on any atom is -0.492 e. The van der Waals surface area contributed by atoms with Gasteiger partial charge < -0.3 is 4.74 Å². The number of imide groups is 2. The normalized spacial score (nSPS) is 17.3. The van der Waals surface area contributed by atoms with Crippen molar-refractivity contribution in [3.05, 3.63) is 59.7 Å². The Kier molecular flexibility index (Phi) is 6.07. The van der Waals surface area contributed by atoms with Crippen LogP contribution in [0.15, 0.2) is 53.5 Å². The highest BCUT2D eigenvalue weighted by molar-refractivity contribution is 6.35. The van der Waals surface area contributed by atoms with Gasteiger partial charge in [-0.15, -0.1) is 0 Å². The van der Waals surface area contributed by atoms with Crippen molar-refractivity contribution in [2.75, 3.05) is 11.5 Å². The van der Waals surface area contributed by atoms with Crippen LogP contribution in [0.25, 0.3) is 0 Å². The van der Waals surface area contributed by atoms with Crippen LogP contribution in [0.3, 0.4) is 0 Å². The lowest BCUT2D eigenvalue weighted by Crippen LogP contribution is -2.60. The number of carbonyl (C=O) groups is 3. The molecular weight excluding hydrogens is 370 g/mol. The van der Waals surface area contributed by atoms with Crippen molar-refractivity contribution >= 4 is 29.2 Å². The van der Waals surface area contributed by atoms with Crippen LogP contribution in [0.2, 0.25) is 0 Å². The molecule has 150 valence electrons. The van der Waals surface area contributed by atoms with E-state index in [0.717, 1.165) is 16.0 Å². The van der Waals surface area contributed by atoms with E-state index in [-0.39, 0.29) is 0 Å². The molecule has 2 aromatic carbocycles. The van der Waals surface area contributed by atoms with Crippen molar-refractivity contribution in [3.8, 4) is 5.75 Å². The maximum absolute atomic E-state index is 13.1. The number of carbonyl (C=O) groups excluding carboxylic acids is 3. The Morgan fingerprint density at radius 3 is 2.62 bits per heavy atom. The Labute approximate surface area is 169 Å². The summed E-state index contributed by atoms with van der Waals surface area (Å²) >= 11 is 0. The summed E-state index contributed by atoms with van der Waals surface area (Å²) < 4.78 is 5.54. The maximum atomic E-state index is 13.1. The number of para-hydroxylation sites is 2. The predicted octanol–water partition coefficient (Wildman–Crippen LogP) is 3.25. The first-order chi connectivity index (χ1) is 13.9. The molecule has 0 aliphatic carbocycles. The van der Waals surface area contributed by atoms with Crippen molar-refractivity contribution < 1.29 is 19.1 Å². The molecule has 0 radical (unpaired) electrons. The molecule has 2 aromatic rings. The molecule has 1 aliphatic heterocycles. The molecular formula is C22H23N3O4. The number of hydrogen-bond acceptors (Lipinski definition) is 5. The summed E-state index contributed by atoms with van der Waals surface area (Å²) in [5.41, 5.74) is 2.72. The number of benzene rings is 2. The van der Waals surface area contributed by atoms with E-state index in [0.29, 0.717) is 30.3 Å². The zero-order chi connectivity index (χ0) is 21.0. The number of nitrogens with one attached hydrogen (secondary N) is 1. The predicted molar refractivity (Wildman–Crippen MR) is 110 cm³/mol. The second kappa shape index (κ2) is 8.68. The Morgan fingerprint density at radius 1 is 1.14 bits per heavy atom. The first-order valence-corrected chi connectivity index (χ1v) is 9.39. The van der Waals surface area contributed by atoms with Crippen molar-refractivity contribution in [2.45, 2.75) is 27.3 Å². The Bertz CT molecular complexity index is 984. The average molecular weight is 393 g/mol. The number of urea groups is 1. The standard InChI is InChI=1S/C22H23N3O4/c1-4-29-18-11-6-5-10-17(18)25-21(27)19(20(26)24-22(25)28)15(3)23-13-16-9-7-8-14(2)12-16/h5-12,19H,4,13H2,1-3H3,(H,24,26,28)/t19-/m0/s1. The van der Waals surface area contributed by atoms with Gasteiger partial charge in [0, 0.05) is 5.71 Å². The summed E-state index contributed by atoms with van der Waals surface area (Å²) in [6, 6.07) is 13.8. The van der Waals surface area contributed by atoms with Gasteiger partial charge in [-0.25, -0.2) is 9.69 Å². The molecule has 29 heavy (non-hydrogen) atoms. The summed E-state index contributed by atoms with van der Waals surface area (Å²) in [5.74, 6) is -2.10. The van der Waals surface area contributed by atoms with Gasteiger partial charge in [-0.05, 0) is 38.5 Å². The molecule has 4 amide bonds. The Hall–Kier alpha value is -3.48. The third-order valence-electron chi connectivity index (χ3n) is 4.58. The highest BCUT2D eigenvalue weighted by Crippen LogP contribution is 2.31. The van der Waals surface area contributed by atoms with Gasteiger partial charge in [-0.2, -0.15) is 0 Å². The van der Waals surface area contributed by atoms with Crippen LogP contribution in [0.1, 0.15) is 25.0 Å². The quantitative estimate of drug-likeness (QED) is 0.603. The van der Waals surface area contributed by atoms with Crippen molar-refractivity contribution in [2.24, 2.45) is 10.9 Å². The molecule has 0 aromatic heterocycles. The zero-order valence-electron chi connectivity index (χ0n) is 16.6. The fourth-order valence-electron chi connectivity index (χ4n) is 3.21. The van der Waals surface area contributed by atoms with E-state index in [9.17, 15) is 14.4 Å². The number of rotatable bonds is 6. The van der Waals surface area contributed by atoms with E-state index in [4.69, 9.17) is 4.74 Å². The molecule has 1 saturated heterocycles. The molecule has 1 N–H and O–H groups in total. The number of anilines is 1. The smallest absolute Gasteiger partial charge is 0.335 e. The molecule has 1 atom stereocenters. The van der Waals surface area contributed by atoms with E-state index >= 15 is 0 Å². The molecule has 0 bridgehead atoms. The zero-order valence-corrected chi connectivity index (χ0v) is 16.6. The minimum atomic E-state index is -1.17. The van der Waals surface area contributed by atoms with Crippen LogP contribution >= 0.6 is 0 Å². The summed E-state index contributed by atoms with van der Waals surface area (Å²) in [6.07, 6.45) is 0. The number of aryl methyl sites for hydroxylation is 1. The topological polar surface area (TPSA) is 88.1 Å². The molecule has 3 rings (SSSR count). The molecule has 0 unspecified atom stereocenters. The van der Waals surface area contributed by atoms with Crippen molar-refractivity contribution in [3.63, 3.8) is 0 Å². The highest BCUT2D eigenvalue weighted by Gasteiger charge is 2.43. The second-order valence-electron chi connectivity index (χ2n) is 6.75. The van der Waals surface area contributed by atoms with Crippen LogP contribution in [-0.4, -0.2) is 30.2 Å². The molecule has 1 fully saturated rings. The van der Waals surface area contributed by atoms with Crippen molar-refractivity contribution in [1.82, 2.24) is 5.32 Å². The van der Waals surface area contributed by atoms with Crippen LogP contribution in [0, 0.1) is 12.8 Å². The molecule has 1 aliphatic rings. The summed E-state index contributed by atoms with van der Waals surface area (Å²) in [5, 5.41) is 2.26. The van der Waals surface area contributed by atoms with Gasteiger partial charge in [0.2, 0.25) is 5.91 Å². The van der Waals surface area contributed by atoms with Gasteiger partial charge >= 0.3 is 6.03 Å². The molecule has 7 nitrogen and oxygen atoms in total. The second-order valence-corrected chi connectivity index (χ2v) is 6.75. The van der Waals surface area contributed by atoms with Crippen LogP contribution in [0.4, 0.5) is 10.5 Å². The number of aliphatic imine (C=N–C) groups is 1. The number of barbiturate groups is 1. The van der Waals surface area contributed by atoms with E-state index in [2.05, 4.69) is 10.3 Å². The molecule has 1 heterocycles. The lowest BCUT2D eigenvalue weighted by Gasteiger charge is -2.31. The highest BCUT2D eigenvalue weighted by atomic mass is 16.5. The fourth-order valence-corrected chi connectivity index (χ4v) is 3.21. The van der Waals surface area contributed by atoms with E-state index in [1.54, 1.807) is 31.2 Å². The lowest BCUT2D eigenvalue weighted by molar-refractivity contribution is -0.131. The fraction of sp³-hybridized carbons (Fsp3) is 0.273. The summed E-state index contributed by atoms with van der Waals surface area (Å²) in [4.78, 5) is 43.4. The Morgan fingerprint density at radius 2 is 1.90 bits per heavy atom. The number of hydrogen-bond donors (Lipinski definition) is 1. The van der Waals surface area contributed by atoms with Gasteiger partial charge in [0.15, 0.2) is 5.92 Å². The lowest BCUT2D eigenvalue weighted by atomic mass is 9.99. The largest absolute Gasteiger partial charge is 0.492 e. The van der Waals surface area contributed by atoms with Crippen LogP contribution in [-0.2, 0) is 16.1 Å². The SMILES string of the molecule is CCOc1ccccc1N1C(=O)NC(=O)[C@H](C(C)=NCc2cccc(C)c2)C1=O. The van der Waals surface area contributed by atoms with Gasteiger partial charge in [0.1, 0.15) is 5.75 Å². The Balaban J connectivity index is 1.90. The molecule has 0 spiro atoms. The van der Waals surface area contributed by atoms with E-state index < -0.39 is 23.8 Å². The van der Waals surface area contributed by atoms with Gasteiger partial charge in [0.05, 0.1) is 18.8 Å². The molecule has 7 heteroatoms. The first-order valence-electron chi connectivity index (χ1n) is 9.39. The van der Waals surface area contributed by atoms with Crippen LogP contribution < -0.4 is 15.0 Å². The first kappa shape index (κ1) is 20.3.